The highest BCUT2D eigenvalue weighted by Crippen LogP contribution is 2.12. The molecule has 0 spiro atoms. The van der Waals surface area contributed by atoms with Gasteiger partial charge < -0.3 is 14.2 Å². The van der Waals surface area contributed by atoms with E-state index in [1.165, 1.54) is 44.9 Å². The van der Waals surface area contributed by atoms with E-state index in [4.69, 9.17) is 14.2 Å². The lowest BCUT2D eigenvalue weighted by Gasteiger charge is -2.18. The highest BCUT2D eigenvalue weighted by atomic mass is 16.6. The van der Waals surface area contributed by atoms with Gasteiger partial charge >= 0.3 is 17.9 Å². The summed E-state index contributed by atoms with van der Waals surface area (Å²) in [7, 11) is 0. The lowest BCUT2D eigenvalue weighted by atomic mass is 10.1. The molecular weight excluding hydrogens is 817 g/mol. The summed E-state index contributed by atoms with van der Waals surface area (Å²) in [6, 6.07) is 0. The lowest BCUT2D eigenvalue weighted by Crippen LogP contribution is -2.30. The van der Waals surface area contributed by atoms with Crippen molar-refractivity contribution in [2.24, 2.45) is 0 Å². The minimum Gasteiger partial charge on any atom is -0.462 e. The second-order valence-electron chi connectivity index (χ2n) is 16.7. The SMILES string of the molecule is CC/C=C\C/C=C\C/C=C\C/C=C\C/C=C\C/C=C\CCCCC(=O)OCC(COC(=O)CC/C=C\C/C=C\C/C=C\C/C=C\CC)OC(=O)CCCCCCC/C=C\CCCCCCC. The minimum atomic E-state index is -0.833. The Morgan fingerprint density at radius 2 is 0.621 bits per heavy atom. The van der Waals surface area contributed by atoms with E-state index in [0.29, 0.717) is 12.8 Å². The van der Waals surface area contributed by atoms with Crippen molar-refractivity contribution >= 4 is 17.9 Å². The number of ether oxygens (including phenoxy) is 3. The van der Waals surface area contributed by atoms with Crippen molar-refractivity contribution in [3.63, 3.8) is 0 Å². The molecule has 0 saturated carbocycles. The first-order valence-electron chi connectivity index (χ1n) is 26.2. The molecule has 0 amide bonds. The number of carbonyl (C=O) groups excluding carboxylic acids is 3. The molecule has 0 bridgehead atoms. The molecule has 6 nitrogen and oxygen atoms in total. The van der Waals surface area contributed by atoms with Gasteiger partial charge in [0.1, 0.15) is 13.2 Å². The van der Waals surface area contributed by atoms with E-state index in [0.717, 1.165) is 109 Å². The van der Waals surface area contributed by atoms with Crippen molar-refractivity contribution in [2.75, 3.05) is 13.2 Å². The van der Waals surface area contributed by atoms with Gasteiger partial charge in [0.25, 0.3) is 0 Å². The normalized spacial score (nSPS) is 13.2. The van der Waals surface area contributed by atoms with Crippen LogP contribution in [0.4, 0.5) is 0 Å². The van der Waals surface area contributed by atoms with Gasteiger partial charge in [0, 0.05) is 19.3 Å². The predicted molar refractivity (Wildman–Crippen MR) is 283 cm³/mol. The highest BCUT2D eigenvalue weighted by Gasteiger charge is 2.19. The van der Waals surface area contributed by atoms with E-state index in [-0.39, 0.29) is 50.4 Å². The molecule has 0 aromatic rings. The molecule has 0 aliphatic carbocycles. The van der Waals surface area contributed by atoms with Gasteiger partial charge in [0.15, 0.2) is 6.10 Å². The smallest absolute Gasteiger partial charge is 0.306 e. The largest absolute Gasteiger partial charge is 0.462 e. The van der Waals surface area contributed by atoms with Crippen LogP contribution in [0.1, 0.15) is 207 Å². The number of hydrogen-bond acceptors (Lipinski definition) is 6. The number of unbranched alkanes of at least 4 members (excludes halogenated alkanes) is 12. The van der Waals surface area contributed by atoms with Gasteiger partial charge in [-0.25, -0.2) is 0 Å². The molecule has 370 valence electrons. The van der Waals surface area contributed by atoms with Gasteiger partial charge in [-0.1, -0.05) is 199 Å². The quantitative estimate of drug-likeness (QED) is 0.0262. The average Bonchev–Trinajstić information content (AvgIpc) is 3.31. The maximum absolute atomic E-state index is 12.8. The van der Waals surface area contributed by atoms with Crippen LogP contribution in [-0.2, 0) is 28.6 Å². The van der Waals surface area contributed by atoms with Crippen LogP contribution in [0.15, 0.2) is 134 Å². The van der Waals surface area contributed by atoms with Crippen LogP contribution < -0.4 is 0 Å². The summed E-state index contributed by atoms with van der Waals surface area (Å²) in [6.45, 7) is 6.27. The Hall–Kier alpha value is -4.45. The zero-order chi connectivity index (χ0) is 47.9. The number of rotatable bonds is 45. The molecule has 6 heteroatoms. The Bertz CT molecular complexity index is 1460. The number of hydrogen-bond donors (Lipinski definition) is 0. The topological polar surface area (TPSA) is 78.9 Å². The van der Waals surface area contributed by atoms with Gasteiger partial charge in [-0.05, 0) is 122 Å². The van der Waals surface area contributed by atoms with Gasteiger partial charge in [0.05, 0.1) is 0 Å². The maximum Gasteiger partial charge on any atom is 0.306 e. The maximum atomic E-state index is 12.8. The Labute approximate surface area is 405 Å². The molecule has 0 aliphatic rings. The fraction of sp³-hybridized carbons (Fsp3) is 0.583. The van der Waals surface area contributed by atoms with Crippen LogP contribution in [0, 0.1) is 0 Å². The van der Waals surface area contributed by atoms with Crippen molar-refractivity contribution in [3.05, 3.63) is 134 Å². The van der Waals surface area contributed by atoms with E-state index in [1.807, 2.05) is 12.2 Å². The molecule has 0 radical (unpaired) electrons. The molecule has 0 N–H and O–H groups in total. The third kappa shape index (κ3) is 50.5. The molecule has 0 heterocycles. The van der Waals surface area contributed by atoms with Crippen LogP contribution in [0.25, 0.3) is 0 Å². The van der Waals surface area contributed by atoms with Crippen molar-refractivity contribution in [1.29, 1.82) is 0 Å². The number of allylic oxidation sites excluding steroid dienone is 22. The Morgan fingerprint density at radius 1 is 0.318 bits per heavy atom. The van der Waals surface area contributed by atoms with Crippen LogP contribution in [0.3, 0.4) is 0 Å². The Morgan fingerprint density at radius 3 is 1.06 bits per heavy atom. The monoisotopic (exact) mass is 911 g/mol. The fourth-order valence-electron chi connectivity index (χ4n) is 6.51. The summed E-state index contributed by atoms with van der Waals surface area (Å²) < 4.78 is 16.7. The standard InChI is InChI=1S/C60H94O6/c1-4-7-10-13-16-19-22-25-27-28-29-30-31-32-33-36-38-41-44-47-50-53-59(62)65-56-57(55-64-58(61)52-49-46-43-40-37-34-24-21-18-15-12-9-6-3)66-60(63)54-51-48-45-42-39-35-26-23-20-17-14-11-8-5-2/h7,9-10,12,16,18-19,21,23,25-27,29-30,32-34,37-38,41,43,46,57H,4-6,8,11,13-15,17,20,22,24,28,31,35-36,39-40,42,44-45,47-56H2,1-3H3/b10-7-,12-9-,19-16-,21-18-,26-23-,27-25-,30-29-,33-32-,37-34-,41-38-,46-43-. The fourth-order valence-corrected chi connectivity index (χ4v) is 6.51. The number of carbonyl (C=O) groups is 3. The Balaban J connectivity index is 4.55. The lowest BCUT2D eigenvalue weighted by molar-refractivity contribution is -0.166. The van der Waals surface area contributed by atoms with Gasteiger partial charge in [-0.15, -0.1) is 0 Å². The van der Waals surface area contributed by atoms with Crippen molar-refractivity contribution < 1.29 is 28.6 Å². The predicted octanol–water partition coefficient (Wildman–Crippen LogP) is 17.5. The molecule has 66 heavy (non-hydrogen) atoms. The summed E-state index contributed by atoms with van der Waals surface area (Å²) in [6.07, 6.45) is 74.5. The Kier molecular flexibility index (Phi) is 49.6. The van der Waals surface area contributed by atoms with Crippen molar-refractivity contribution in [2.45, 2.75) is 213 Å². The summed E-state index contributed by atoms with van der Waals surface area (Å²) in [5.74, 6) is -1.07. The van der Waals surface area contributed by atoms with Crippen LogP contribution in [0.2, 0.25) is 0 Å². The molecule has 0 aliphatic heterocycles. The average molecular weight is 911 g/mol. The van der Waals surface area contributed by atoms with Crippen LogP contribution in [-0.4, -0.2) is 37.2 Å². The zero-order valence-electron chi connectivity index (χ0n) is 42.1. The third-order valence-electron chi connectivity index (χ3n) is 10.4. The molecule has 0 fully saturated rings. The number of esters is 3. The molecule has 0 saturated heterocycles. The van der Waals surface area contributed by atoms with Crippen LogP contribution in [0.5, 0.6) is 0 Å². The summed E-state index contributed by atoms with van der Waals surface area (Å²) >= 11 is 0. The molecule has 1 unspecified atom stereocenters. The highest BCUT2D eigenvalue weighted by molar-refractivity contribution is 5.71. The molecular formula is C60H94O6. The summed E-state index contributed by atoms with van der Waals surface area (Å²) in [5, 5.41) is 0. The molecule has 1 atom stereocenters. The van der Waals surface area contributed by atoms with Crippen molar-refractivity contribution in [1.82, 2.24) is 0 Å². The van der Waals surface area contributed by atoms with Crippen LogP contribution >= 0.6 is 0 Å². The minimum absolute atomic E-state index is 0.131. The van der Waals surface area contributed by atoms with E-state index >= 15 is 0 Å². The van der Waals surface area contributed by atoms with Crippen molar-refractivity contribution in [3.8, 4) is 0 Å². The second-order valence-corrected chi connectivity index (χ2v) is 16.7. The van der Waals surface area contributed by atoms with E-state index in [9.17, 15) is 14.4 Å². The first kappa shape index (κ1) is 61.5. The summed E-state index contributed by atoms with van der Waals surface area (Å²) in [4.78, 5) is 37.9. The molecule has 0 rings (SSSR count). The summed E-state index contributed by atoms with van der Waals surface area (Å²) in [5.41, 5.74) is 0. The third-order valence-corrected chi connectivity index (χ3v) is 10.4. The van der Waals surface area contributed by atoms with Gasteiger partial charge in [0.2, 0.25) is 0 Å². The first-order valence-corrected chi connectivity index (χ1v) is 26.2. The zero-order valence-corrected chi connectivity index (χ0v) is 42.1. The first-order chi connectivity index (χ1) is 32.5. The van der Waals surface area contributed by atoms with Gasteiger partial charge in [-0.2, -0.15) is 0 Å². The second kappa shape index (κ2) is 53.2. The van der Waals surface area contributed by atoms with E-state index in [2.05, 4.69) is 142 Å². The van der Waals surface area contributed by atoms with E-state index < -0.39 is 6.10 Å². The molecule has 0 aromatic carbocycles. The van der Waals surface area contributed by atoms with E-state index in [1.54, 1.807) is 0 Å². The van der Waals surface area contributed by atoms with Gasteiger partial charge in [-0.3, -0.25) is 14.4 Å². The molecule has 0 aromatic heterocycles.